The lowest BCUT2D eigenvalue weighted by atomic mass is 10.1. The summed E-state index contributed by atoms with van der Waals surface area (Å²) >= 11 is -1.98. The summed E-state index contributed by atoms with van der Waals surface area (Å²) in [7, 11) is 0. The molecule has 1 aromatic rings. The Morgan fingerprint density at radius 1 is 1.33 bits per heavy atom. The molecular weight excluding hydrogens is 229 g/mol. The van der Waals surface area contributed by atoms with Gasteiger partial charge in [-0.2, -0.15) is 13.2 Å². The van der Waals surface area contributed by atoms with Gasteiger partial charge in [0, 0.05) is 0 Å². The monoisotopic (exact) mass is 238 g/mol. The van der Waals surface area contributed by atoms with E-state index in [1.54, 1.807) is 0 Å². The summed E-state index contributed by atoms with van der Waals surface area (Å²) in [5.74, 6) is -0.0543. The van der Waals surface area contributed by atoms with E-state index in [-0.39, 0.29) is 12.2 Å². The van der Waals surface area contributed by atoms with Crippen LogP contribution in [-0.4, -0.2) is 14.5 Å². The Morgan fingerprint density at radius 3 is 2.53 bits per heavy atom. The fraction of sp³-hybridized carbons (Fsp3) is 0.333. The molecule has 0 aromatic heterocycles. The van der Waals surface area contributed by atoms with Crippen LogP contribution < -0.4 is 0 Å². The van der Waals surface area contributed by atoms with Crippen LogP contribution in [0, 0.1) is 0 Å². The molecule has 0 spiro atoms. The van der Waals surface area contributed by atoms with Crippen LogP contribution in [0.4, 0.5) is 13.2 Å². The first-order chi connectivity index (χ1) is 6.89. The molecule has 0 aliphatic rings. The van der Waals surface area contributed by atoms with Crippen molar-refractivity contribution in [3.8, 4) is 0 Å². The van der Waals surface area contributed by atoms with E-state index in [0.29, 0.717) is 5.56 Å². The van der Waals surface area contributed by atoms with Crippen LogP contribution in [0.3, 0.4) is 0 Å². The van der Waals surface area contributed by atoms with Crippen molar-refractivity contribution in [2.45, 2.75) is 12.6 Å². The SMILES string of the molecule is O=S(O)CCc1cccc(C(F)(F)F)c1. The zero-order valence-corrected chi connectivity index (χ0v) is 8.44. The Morgan fingerprint density at radius 2 is 2.00 bits per heavy atom. The van der Waals surface area contributed by atoms with Crippen LogP contribution in [0.1, 0.15) is 11.1 Å². The van der Waals surface area contributed by atoms with Gasteiger partial charge in [0.25, 0.3) is 0 Å². The van der Waals surface area contributed by atoms with E-state index in [0.717, 1.165) is 12.1 Å². The van der Waals surface area contributed by atoms with Gasteiger partial charge in [0.2, 0.25) is 0 Å². The summed E-state index contributed by atoms with van der Waals surface area (Å²) in [4.78, 5) is 0. The number of benzene rings is 1. The van der Waals surface area contributed by atoms with Crippen molar-refractivity contribution in [1.82, 2.24) is 0 Å². The van der Waals surface area contributed by atoms with Crippen molar-refractivity contribution in [2.24, 2.45) is 0 Å². The fourth-order valence-electron chi connectivity index (χ4n) is 1.11. The third-order valence-electron chi connectivity index (χ3n) is 1.82. The average molecular weight is 238 g/mol. The maximum atomic E-state index is 12.3. The maximum Gasteiger partial charge on any atom is 0.416 e. The molecule has 15 heavy (non-hydrogen) atoms. The Labute approximate surface area is 87.4 Å². The highest BCUT2D eigenvalue weighted by Gasteiger charge is 2.30. The van der Waals surface area contributed by atoms with Gasteiger partial charge in [0.05, 0.1) is 11.3 Å². The first-order valence-corrected chi connectivity index (χ1v) is 5.41. The molecule has 2 nitrogen and oxygen atoms in total. The second kappa shape index (κ2) is 4.76. The van der Waals surface area contributed by atoms with Crippen molar-refractivity contribution < 1.29 is 21.9 Å². The number of hydrogen-bond donors (Lipinski definition) is 1. The first kappa shape index (κ1) is 12.2. The van der Waals surface area contributed by atoms with Crippen molar-refractivity contribution in [3.63, 3.8) is 0 Å². The molecule has 1 atom stereocenters. The van der Waals surface area contributed by atoms with Gasteiger partial charge in [-0.05, 0) is 18.1 Å². The molecule has 1 rings (SSSR count). The molecule has 0 aliphatic heterocycles. The van der Waals surface area contributed by atoms with Crippen molar-refractivity contribution in [3.05, 3.63) is 35.4 Å². The van der Waals surface area contributed by atoms with E-state index in [1.165, 1.54) is 12.1 Å². The lowest BCUT2D eigenvalue weighted by Gasteiger charge is -2.07. The zero-order chi connectivity index (χ0) is 11.5. The minimum Gasteiger partial charge on any atom is -0.306 e. The summed E-state index contributed by atoms with van der Waals surface area (Å²) in [5, 5.41) is 0. The molecule has 0 radical (unpaired) electrons. The largest absolute Gasteiger partial charge is 0.416 e. The van der Waals surface area contributed by atoms with Gasteiger partial charge in [-0.3, -0.25) is 0 Å². The minimum absolute atomic E-state index is 0.0543. The van der Waals surface area contributed by atoms with Gasteiger partial charge in [0.15, 0.2) is 11.1 Å². The van der Waals surface area contributed by atoms with Gasteiger partial charge in [-0.1, -0.05) is 18.2 Å². The van der Waals surface area contributed by atoms with Gasteiger partial charge in [-0.25, -0.2) is 4.21 Å². The first-order valence-electron chi connectivity index (χ1n) is 4.13. The van der Waals surface area contributed by atoms with E-state index in [2.05, 4.69) is 0 Å². The van der Waals surface area contributed by atoms with Crippen molar-refractivity contribution in [2.75, 3.05) is 5.75 Å². The van der Waals surface area contributed by atoms with Crippen LogP contribution in [0.5, 0.6) is 0 Å². The number of aryl methyl sites for hydroxylation is 1. The zero-order valence-electron chi connectivity index (χ0n) is 7.62. The Hall–Kier alpha value is -0.880. The maximum absolute atomic E-state index is 12.3. The third kappa shape index (κ3) is 4.01. The van der Waals surface area contributed by atoms with Gasteiger partial charge >= 0.3 is 6.18 Å². The van der Waals surface area contributed by atoms with Crippen LogP contribution in [0.2, 0.25) is 0 Å². The highest BCUT2D eigenvalue weighted by atomic mass is 32.2. The summed E-state index contributed by atoms with van der Waals surface area (Å²) in [6.07, 6.45) is -4.21. The molecule has 1 N–H and O–H groups in total. The van der Waals surface area contributed by atoms with Gasteiger partial charge in [0.1, 0.15) is 0 Å². The predicted octanol–water partition coefficient (Wildman–Crippen LogP) is 2.47. The lowest BCUT2D eigenvalue weighted by molar-refractivity contribution is -0.137. The Balaban J connectivity index is 2.79. The number of rotatable bonds is 3. The summed E-state index contributed by atoms with van der Waals surface area (Å²) in [6.45, 7) is 0. The topological polar surface area (TPSA) is 37.3 Å². The molecule has 0 aliphatic carbocycles. The van der Waals surface area contributed by atoms with Crippen molar-refractivity contribution in [1.29, 1.82) is 0 Å². The van der Waals surface area contributed by atoms with E-state index < -0.39 is 22.8 Å². The quantitative estimate of drug-likeness (QED) is 0.821. The summed E-state index contributed by atoms with van der Waals surface area (Å²) in [5.41, 5.74) is -0.323. The second-order valence-corrected chi connectivity index (χ2v) is 4.02. The smallest absolute Gasteiger partial charge is 0.306 e. The van der Waals surface area contributed by atoms with E-state index in [4.69, 9.17) is 4.55 Å². The third-order valence-corrected chi connectivity index (χ3v) is 2.37. The molecule has 0 heterocycles. The van der Waals surface area contributed by atoms with Crippen molar-refractivity contribution >= 4 is 11.1 Å². The van der Waals surface area contributed by atoms with Crippen LogP contribution in [0.25, 0.3) is 0 Å². The highest BCUT2D eigenvalue weighted by molar-refractivity contribution is 7.79. The van der Waals surface area contributed by atoms with Crippen LogP contribution in [-0.2, 0) is 23.7 Å². The van der Waals surface area contributed by atoms with E-state index >= 15 is 0 Å². The minimum atomic E-state index is -4.37. The molecule has 0 fully saturated rings. The van der Waals surface area contributed by atoms with E-state index in [9.17, 15) is 17.4 Å². The number of hydrogen-bond acceptors (Lipinski definition) is 1. The second-order valence-electron chi connectivity index (χ2n) is 2.97. The predicted molar refractivity (Wildman–Crippen MR) is 50.8 cm³/mol. The molecule has 1 aromatic carbocycles. The molecule has 1 unspecified atom stereocenters. The molecule has 84 valence electrons. The number of alkyl halides is 3. The summed E-state index contributed by atoms with van der Waals surface area (Å²) in [6, 6.07) is 4.76. The van der Waals surface area contributed by atoms with Gasteiger partial charge in [-0.15, -0.1) is 0 Å². The van der Waals surface area contributed by atoms with Crippen LogP contribution >= 0.6 is 0 Å². The highest BCUT2D eigenvalue weighted by Crippen LogP contribution is 2.29. The Kier molecular flexibility index (Phi) is 3.87. The standard InChI is InChI=1S/C9H9F3O2S/c10-9(11,12)8-3-1-2-7(6-8)4-5-15(13)14/h1-3,6H,4-5H2,(H,13,14). The van der Waals surface area contributed by atoms with Crippen LogP contribution in [0.15, 0.2) is 24.3 Å². The molecule has 0 saturated heterocycles. The van der Waals surface area contributed by atoms with E-state index in [1.807, 2.05) is 0 Å². The average Bonchev–Trinajstić information content (AvgIpc) is 2.14. The molecule has 0 bridgehead atoms. The van der Waals surface area contributed by atoms with Gasteiger partial charge < -0.3 is 4.55 Å². The number of halogens is 3. The molecule has 0 saturated carbocycles. The molecule has 0 amide bonds. The Bertz CT molecular complexity index is 363. The summed E-state index contributed by atoms with van der Waals surface area (Å²) < 4.78 is 55.6. The molecular formula is C9H9F3O2S. The fourth-order valence-corrected chi connectivity index (χ4v) is 1.52. The lowest BCUT2D eigenvalue weighted by Crippen LogP contribution is -2.06. The molecule has 6 heteroatoms. The normalized spacial score (nSPS) is 13.9.